The third kappa shape index (κ3) is 2.36. The maximum Gasteiger partial charge on any atom is 0.274 e. The van der Waals surface area contributed by atoms with Gasteiger partial charge in [-0.15, -0.1) is 0 Å². The molecule has 3 aromatic rings. The summed E-state index contributed by atoms with van der Waals surface area (Å²) in [6.07, 6.45) is 1.69. The summed E-state index contributed by atoms with van der Waals surface area (Å²) in [6, 6.07) is 7.87. The van der Waals surface area contributed by atoms with E-state index in [1.165, 1.54) is 4.57 Å². The van der Waals surface area contributed by atoms with Gasteiger partial charge in [0.1, 0.15) is 5.52 Å². The number of likely N-dealkylation sites (N-methyl/N-ethyl adjacent to an activating group) is 1. The van der Waals surface area contributed by atoms with Crippen LogP contribution in [0, 0.1) is 0 Å². The molecule has 25 heavy (non-hydrogen) atoms. The van der Waals surface area contributed by atoms with E-state index in [-0.39, 0.29) is 11.5 Å². The second-order valence-electron chi connectivity index (χ2n) is 6.85. The number of pyridine rings is 1. The zero-order valence-corrected chi connectivity index (χ0v) is 14.8. The zero-order chi connectivity index (χ0) is 17.7. The first kappa shape index (κ1) is 15.9. The number of fused-ring (bicyclic) bond motifs is 3. The Kier molecular flexibility index (Phi) is 3.65. The van der Waals surface area contributed by atoms with Gasteiger partial charge in [-0.05, 0) is 13.1 Å². The van der Waals surface area contributed by atoms with Crippen LogP contribution in [0.1, 0.15) is 10.4 Å². The lowest BCUT2D eigenvalue weighted by Gasteiger charge is -2.32. The fraction of sp³-hybridized carbons (Fsp3) is 0.368. The number of aryl methyl sites for hydroxylation is 2. The Morgan fingerprint density at radius 1 is 1.00 bits per heavy atom. The lowest BCUT2D eigenvalue weighted by Crippen LogP contribution is -2.47. The van der Waals surface area contributed by atoms with Gasteiger partial charge in [-0.2, -0.15) is 0 Å². The summed E-state index contributed by atoms with van der Waals surface area (Å²) < 4.78 is 3.41. The molecule has 0 radical (unpaired) electrons. The number of piperazine rings is 1. The van der Waals surface area contributed by atoms with Gasteiger partial charge in [-0.3, -0.25) is 9.59 Å². The van der Waals surface area contributed by atoms with E-state index in [0.717, 1.165) is 29.4 Å². The second-order valence-corrected chi connectivity index (χ2v) is 6.85. The largest absolute Gasteiger partial charge is 0.339 e. The Balaban J connectivity index is 1.98. The standard InChI is InChI=1S/C19H22N4O2/c1-20-8-10-23(11-9-20)18(24)14-12-21(2)19(25)17-16(14)13-6-4-5-7-15(13)22(17)3/h4-7,12H,8-11H2,1-3H3. The van der Waals surface area contributed by atoms with Crippen LogP contribution >= 0.6 is 0 Å². The number of rotatable bonds is 1. The summed E-state index contributed by atoms with van der Waals surface area (Å²) in [5.74, 6) is 0.00468. The molecule has 0 unspecified atom stereocenters. The smallest absolute Gasteiger partial charge is 0.274 e. The van der Waals surface area contributed by atoms with Gasteiger partial charge in [0.05, 0.1) is 5.56 Å². The highest BCUT2D eigenvalue weighted by Crippen LogP contribution is 2.29. The predicted octanol–water partition coefficient (Wildman–Crippen LogP) is 1.42. The molecule has 0 N–H and O–H groups in total. The van der Waals surface area contributed by atoms with Gasteiger partial charge in [0.2, 0.25) is 0 Å². The molecule has 130 valence electrons. The van der Waals surface area contributed by atoms with Gasteiger partial charge >= 0.3 is 0 Å². The molecule has 4 rings (SSSR count). The van der Waals surface area contributed by atoms with Crippen molar-refractivity contribution in [3.63, 3.8) is 0 Å². The van der Waals surface area contributed by atoms with Crippen LogP contribution in [0.25, 0.3) is 21.8 Å². The molecule has 1 aromatic carbocycles. The van der Waals surface area contributed by atoms with Crippen molar-refractivity contribution in [1.29, 1.82) is 0 Å². The van der Waals surface area contributed by atoms with Crippen molar-refractivity contribution in [2.24, 2.45) is 14.1 Å². The number of benzene rings is 1. The summed E-state index contributed by atoms with van der Waals surface area (Å²) in [5, 5.41) is 1.72. The summed E-state index contributed by atoms with van der Waals surface area (Å²) in [6.45, 7) is 3.17. The molecule has 1 aliphatic heterocycles. The van der Waals surface area contributed by atoms with E-state index in [9.17, 15) is 9.59 Å². The van der Waals surface area contributed by atoms with Crippen LogP contribution in [0.4, 0.5) is 0 Å². The van der Waals surface area contributed by atoms with Crippen LogP contribution in [0.3, 0.4) is 0 Å². The van der Waals surface area contributed by atoms with Crippen molar-refractivity contribution in [1.82, 2.24) is 18.9 Å². The van der Waals surface area contributed by atoms with Gasteiger partial charge in [0.25, 0.3) is 11.5 Å². The van der Waals surface area contributed by atoms with Crippen molar-refractivity contribution in [2.75, 3.05) is 33.2 Å². The lowest BCUT2D eigenvalue weighted by atomic mass is 10.1. The Hall–Kier alpha value is -2.60. The van der Waals surface area contributed by atoms with Crippen LogP contribution in [0.5, 0.6) is 0 Å². The third-order valence-corrected chi connectivity index (χ3v) is 5.24. The van der Waals surface area contributed by atoms with Gasteiger partial charge in [-0.25, -0.2) is 0 Å². The van der Waals surface area contributed by atoms with Crippen LogP contribution in [0.2, 0.25) is 0 Å². The van der Waals surface area contributed by atoms with Gasteiger partial charge < -0.3 is 18.9 Å². The van der Waals surface area contributed by atoms with Crippen molar-refractivity contribution in [3.05, 3.63) is 46.4 Å². The highest BCUT2D eigenvalue weighted by Gasteiger charge is 2.25. The van der Waals surface area contributed by atoms with Crippen molar-refractivity contribution < 1.29 is 4.79 Å². The molecule has 1 amide bonds. The minimum Gasteiger partial charge on any atom is -0.339 e. The van der Waals surface area contributed by atoms with Crippen LogP contribution < -0.4 is 5.56 Å². The average Bonchev–Trinajstić information content (AvgIpc) is 2.92. The zero-order valence-electron chi connectivity index (χ0n) is 14.8. The number of carbonyl (C=O) groups is 1. The topological polar surface area (TPSA) is 50.5 Å². The second kappa shape index (κ2) is 5.74. The number of para-hydroxylation sites is 1. The number of hydrogen-bond acceptors (Lipinski definition) is 3. The number of amides is 1. The number of nitrogens with zero attached hydrogens (tertiary/aromatic N) is 4. The number of hydrogen-bond donors (Lipinski definition) is 0. The van der Waals surface area contributed by atoms with E-state index in [2.05, 4.69) is 11.9 Å². The molecule has 1 saturated heterocycles. The summed E-state index contributed by atoms with van der Waals surface area (Å²) in [5.41, 5.74) is 2.08. The quantitative estimate of drug-likeness (QED) is 0.674. The minimum absolute atomic E-state index is 0.00468. The van der Waals surface area contributed by atoms with E-state index in [0.29, 0.717) is 24.2 Å². The first-order valence-corrected chi connectivity index (χ1v) is 8.53. The van der Waals surface area contributed by atoms with Gasteiger partial charge in [0.15, 0.2) is 0 Å². The predicted molar refractivity (Wildman–Crippen MR) is 99.1 cm³/mol. The number of aromatic nitrogens is 2. The molecule has 0 aliphatic carbocycles. The van der Waals surface area contributed by atoms with E-state index in [4.69, 9.17) is 0 Å². The Morgan fingerprint density at radius 2 is 1.68 bits per heavy atom. The van der Waals surface area contributed by atoms with Crippen LogP contribution in [0.15, 0.2) is 35.3 Å². The molecule has 2 aromatic heterocycles. The molecule has 0 bridgehead atoms. The molecular formula is C19H22N4O2. The molecule has 6 heteroatoms. The summed E-state index contributed by atoms with van der Waals surface area (Å²) in [7, 11) is 5.66. The fourth-order valence-electron chi connectivity index (χ4n) is 3.74. The lowest BCUT2D eigenvalue weighted by molar-refractivity contribution is 0.0665. The molecule has 1 aliphatic rings. The normalized spacial score (nSPS) is 16.0. The van der Waals surface area contributed by atoms with Crippen LogP contribution in [-0.4, -0.2) is 58.1 Å². The van der Waals surface area contributed by atoms with E-state index < -0.39 is 0 Å². The summed E-state index contributed by atoms with van der Waals surface area (Å²) in [4.78, 5) is 30.1. The maximum absolute atomic E-state index is 13.2. The molecule has 3 heterocycles. The highest BCUT2D eigenvalue weighted by molar-refractivity contribution is 6.17. The molecule has 0 saturated carbocycles. The van der Waals surface area contributed by atoms with Crippen molar-refractivity contribution >= 4 is 27.7 Å². The molecular weight excluding hydrogens is 316 g/mol. The summed E-state index contributed by atoms with van der Waals surface area (Å²) >= 11 is 0. The first-order valence-electron chi connectivity index (χ1n) is 8.53. The monoisotopic (exact) mass is 338 g/mol. The SMILES string of the molecule is CN1CCN(C(=O)c2cn(C)c(=O)c3c2c2ccccc2n3C)CC1. The Bertz CT molecular complexity index is 1040. The molecule has 1 fully saturated rings. The molecule has 6 nitrogen and oxygen atoms in total. The van der Waals surface area contributed by atoms with Crippen molar-refractivity contribution in [2.45, 2.75) is 0 Å². The van der Waals surface area contributed by atoms with E-state index >= 15 is 0 Å². The molecule has 0 atom stereocenters. The Labute approximate surface area is 145 Å². The van der Waals surface area contributed by atoms with Gasteiger partial charge in [0, 0.05) is 62.8 Å². The highest BCUT2D eigenvalue weighted by atomic mass is 16.2. The third-order valence-electron chi connectivity index (χ3n) is 5.24. The fourth-order valence-corrected chi connectivity index (χ4v) is 3.74. The minimum atomic E-state index is -0.0800. The molecule has 0 spiro atoms. The van der Waals surface area contributed by atoms with E-state index in [1.54, 1.807) is 13.2 Å². The van der Waals surface area contributed by atoms with Crippen molar-refractivity contribution in [3.8, 4) is 0 Å². The number of carbonyl (C=O) groups excluding carboxylic acids is 1. The maximum atomic E-state index is 13.2. The Morgan fingerprint density at radius 3 is 2.40 bits per heavy atom. The van der Waals surface area contributed by atoms with Gasteiger partial charge in [-0.1, -0.05) is 18.2 Å². The van der Waals surface area contributed by atoms with E-state index in [1.807, 2.05) is 40.8 Å². The first-order chi connectivity index (χ1) is 12.0. The average molecular weight is 338 g/mol. The van der Waals surface area contributed by atoms with Crippen LogP contribution in [-0.2, 0) is 14.1 Å².